The van der Waals surface area contributed by atoms with Crippen molar-refractivity contribution < 1.29 is 9.59 Å². The lowest BCUT2D eigenvalue weighted by molar-refractivity contribution is 0.0989. The number of carbonyl (C=O) groups is 2. The molecule has 0 aliphatic carbocycles. The zero-order valence-corrected chi connectivity index (χ0v) is 11.3. The normalized spacial score (nSPS) is 10.3. The lowest BCUT2D eigenvalue weighted by Crippen LogP contribution is -2.15. The number of primary amides is 2. The summed E-state index contributed by atoms with van der Waals surface area (Å²) in [6.45, 7) is 0.265. The van der Waals surface area contributed by atoms with Gasteiger partial charge in [-0.2, -0.15) is 0 Å². The lowest BCUT2D eigenvalue weighted by atomic mass is 9.95. The molecule has 0 heterocycles. The van der Waals surface area contributed by atoms with Gasteiger partial charge < -0.3 is 22.9 Å². The van der Waals surface area contributed by atoms with Crippen LogP contribution in [-0.2, 0) is 6.54 Å². The Hall–Kier alpha value is -2.86. The zero-order valence-electron chi connectivity index (χ0n) is 11.3. The topological polar surface area (TPSA) is 138 Å². The first-order valence-electron chi connectivity index (χ1n) is 6.26. The number of amides is 2. The van der Waals surface area contributed by atoms with Crippen LogP contribution in [0.25, 0.3) is 11.1 Å². The molecule has 0 radical (unpaired) electrons. The maximum atomic E-state index is 11.6. The standard InChI is InChI=1S/C15H16N4O2/c16-7-10-5-8(2-4-13(10)17)12-6-9(14(18)20)1-3-11(12)15(19)21/h1-6H,7,16-17H2,(H2,18,20)(H2,19,21). The van der Waals surface area contributed by atoms with Gasteiger partial charge >= 0.3 is 0 Å². The molecule has 0 fully saturated rings. The fourth-order valence-corrected chi connectivity index (χ4v) is 2.10. The number of carbonyl (C=O) groups excluding carboxylic acids is 2. The highest BCUT2D eigenvalue weighted by Crippen LogP contribution is 2.28. The molecule has 6 heteroatoms. The van der Waals surface area contributed by atoms with E-state index >= 15 is 0 Å². The minimum atomic E-state index is -0.591. The average Bonchev–Trinajstić information content (AvgIpc) is 2.47. The third-order valence-electron chi connectivity index (χ3n) is 3.24. The fourth-order valence-electron chi connectivity index (χ4n) is 2.10. The van der Waals surface area contributed by atoms with Crippen molar-refractivity contribution in [1.29, 1.82) is 0 Å². The van der Waals surface area contributed by atoms with Crippen molar-refractivity contribution in [1.82, 2.24) is 0 Å². The van der Waals surface area contributed by atoms with Crippen LogP contribution < -0.4 is 22.9 Å². The van der Waals surface area contributed by atoms with Gasteiger partial charge in [0.25, 0.3) is 0 Å². The van der Waals surface area contributed by atoms with Gasteiger partial charge in [0.15, 0.2) is 0 Å². The van der Waals surface area contributed by atoms with Crippen molar-refractivity contribution >= 4 is 17.5 Å². The minimum absolute atomic E-state index is 0.265. The number of benzene rings is 2. The molecule has 0 aliphatic rings. The molecule has 0 bridgehead atoms. The molecule has 2 amide bonds. The van der Waals surface area contributed by atoms with E-state index in [0.29, 0.717) is 27.9 Å². The Balaban J connectivity index is 2.68. The number of hydrogen-bond acceptors (Lipinski definition) is 4. The first kappa shape index (κ1) is 14.5. The first-order chi connectivity index (χ1) is 9.93. The molecular formula is C15H16N4O2. The van der Waals surface area contributed by atoms with Gasteiger partial charge in [-0.1, -0.05) is 6.07 Å². The third-order valence-corrected chi connectivity index (χ3v) is 3.24. The maximum absolute atomic E-state index is 11.6. The van der Waals surface area contributed by atoms with Crippen LogP contribution >= 0.6 is 0 Å². The van der Waals surface area contributed by atoms with E-state index in [1.54, 1.807) is 18.2 Å². The van der Waals surface area contributed by atoms with Crippen molar-refractivity contribution in [3.63, 3.8) is 0 Å². The van der Waals surface area contributed by atoms with E-state index in [0.717, 1.165) is 5.56 Å². The molecule has 2 aromatic carbocycles. The molecule has 2 aromatic rings. The van der Waals surface area contributed by atoms with Crippen LogP contribution in [-0.4, -0.2) is 11.8 Å². The second-order valence-corrected chi connectivity index (χ2v) is 4.61. The summed E-state index contributed by atoms with van der Waals surface area (Å²) < 4.78 is 0. The number of nitrogens with two attached hydrogens (primary N) is 4. The van der Waals surface area contributed by atoms with E-state index in [1.807, 2.05) is 0 Å². The molecule has 0 aromatic heterocycles. The van der Waals surface area contributed by atoms with Crippen molar-refractivity contribution in [2.24, 2.45) is 17.2 Å². The van der Waals surface area contributed by atoms with E-state index in [9.17, 15) is 9.59 Å². The minimum Gasteiger partial charge on any atom is -0.398 e. The second-order valence-electron chi connectivity index (χ2n) is 4.61. The summed E-state index contributed by atoms with van der Waals surface area (Å²) in [6, 6.07) is 9.68. The van der Waals surface area contributed by atoms with Crippen molar-refractivity contribution in [2.45, 2.75) is 6.54 Å². The van der Waals surface area contributed by atoms with E-state index < -0.39 is 11.8 Å². The van der Waals surface area contributed by atoms with Gasteiger partial charge in [0.2, 0.25) is 11.8 Å². The van der Waals surface area contributed by atoms with Crippen LogP contribution in [0.15, 0.2) is 36.4 Å². The van der Waals surface area contributed by atoms with Crippen molar-refractivity contribution in [3.05, 3.63) is 53.1 Å². The Kier molecular flexibility index (Phi) is 3.91. The third kappa shape index (κ3) is 2.85. The van der Waals surface area contributed by atoms with Crippen LogP contribution in [0.3, 0.4) is 0 Å². The van der Waals surface area contributed by atoms with Gasteiger partial charge in [0.05, 0.1) is 0 Å². The number of anilines is 1. The van der Waals surface area contributed by atoms with E-state index in [4.69, 9.17) is 22.9 Å². The molecule has 108 valence electrons. The number of nitrogen functional groups attached to an aromatic ring is 1. The van der Waals surface area contributed by atoms with Gasteiger partial charge in [-0.25, -0.2) is 0 Å². The Morgan fingerprint density at radius 2 is 1.67 bits per heavy atom. The fraction of sp³-hybridized carbons (Fsp3) is 0.0667. The summed E-state index contributed by atoms with van der Waals surface area (Å²) in [7, 11) is 0. The van der Waals surface area contributed by atoms with E-state index in [1.165, 1.54) is 18.2 Å². The maximum Gasteiger partial charge on any atom is 0.249 e. The SMILES string of the molecule is NCc1cc(-c2cc(C(N)=O)ccc2C(N)=O)ccc1N. The summed E-state index contributed by atoms with van der Waals surface area (Å²) in [6.07, 6.45) is 0. The van der Waals surface area contributed by atoms with Crippen molar-refractivity contribution in [2.75, 3.05) is 5.73 Å². The molecule has 2 rings (SSSR count). The molecule has 0 spiro atoms. The summed E-state index contributed by atoms with van der Waals surface area (Å²) in [4.78, 5) is 22.9. The summed E-state index contributed by atoms with van der Waals surface area (Å²) in [5, 5.41) is 0. The Morgan fingerprint density at radius 1 is 0.952 bits per heavy atom. The van der Waals surface area contributed by atoms with Gasteiger partial charge in [-0.15, -0.1) is 0 Å². The molecule has 0 aliphatic heterocycles. The predicted octanol–water partition coefficient (Wildman–Crippen LogP) is 0.592. The Labute approximate surface area is 121 Å². The quantitative estimate of drug-likeness (QED) is 0.610. The molecular weight excluding hydrogens is 268 g/mol. The predicted molar refractivity (Wildman–Crippen MR) is 81.2 cm³/mol. The zero-order chi connectivity index (χ0) is 15.6. The van der Waals surface area contributed by atoms with Crippen LogP contribution in [0.1, 0.15) is 26.3 Å². The molecule has 0 saturated carbocycles. The highest BCUT2D eigenvalue weighted by Gasteiger charge is 2.14. The van der Waals surface area contributed by atoms with Crippen LogP contribution in [0.2, 0.25) is 0 Å². The Morgan fingerprint density at radius 3 is 2.24 bits per heavy atom. The molecule has 8 N–H and O–H groups in total. The van der Waals surface area contributed by atoms with Crippen LogP contribution in [0.4, 0.5) is 5.69 Å². The number of hydrogen-bond donors (Lipinski definition) is 4. The molecule has 0 unspecified atom stereocenters. The Bertz CT molecular complexity index is 726. The van der Waals surface area contributed by atoms with Gasteiger partial charge in [0, 0.05) is 23.4 Å². The molecule has 6 nitrogen and oxygen atoms in total. The summed E-state index contributed by atoms with van der Waals surface area (Å²) in [5.74, 6) is -1.17. The van der Waals surface area contributed by atoms with Crippen LogP contribution in [0.5, 0.6) is 0 Å². The first-order valence-corrected chi connectivity index (χ1v) is 6.26. The molecule has 0 atom stereocenters. The average molecular weight is 284 g/mol. The second kappa shape index (κ2) is 5.64. The summed E-state index contributed by atoms with van der Waals surface area (Å²) in [5.41, 5.74) is 25.2. The molecule has 21 heavy (non-hydrogen) atoms. The van der Waals surface area contributed by atoms with E-state index in [-0.39, 0.29) is 6.54 Å². The smallest absolute Gasteiger partial charge is 0.249 e. The monoisotopic (exact) mass is 284 g/mol. The highest BCUT2D eigenvalue weighted by molar-refractivity contribution is 6.02. The molecule has 0 saturated heterocycles. The van der Waals surface area contributed by atoms with Crippen molar-refractivity contribution in [3.8, 4) is 11.1 Å². The van der Waals surface area contributed by atoms with Gasteiger partial charge in [-0.05, 0) is 47.0 Å². The van der Waals surface area contributed by atoms with Crippen LogP contribution in [0, 0.1) is 0 Å². The largest absolute Gasteiger partial charge is 0.398 e. The van der Waals surface area contributed by atoms with Gasteiger partial charge in [0.1, 0.15) is 0 Å². The number of rotatable bonds is 4. The lowest BCUT2D eigenvalue weighted by Gasteiger charge is -2.11. The van der Waals surface area contributed by atoms with Gasteiger partial charge in [-0.3, -0.25) is 9.59 Å². The highest BCUT2D eigenvalue weighted by atomic mass is 16.1. The van der Waals surface area contributed by atoms with E-state index in [2.05, 4.69) is 0 Å². The summed E-state index contributed by atoms with van der Waals surface area (Å²) >= 11 is 0.